The zero-order chi connectivity index (χ0) is 9.80. The van der Waals surface area contributed by atoms with Gasteiger partial charge in [0.1, 0.15) is 17.2 Å². The normalized spacial score (nSPS) is 9.71. The molecule has 0 saturated heterocycles. The van der Waals surface area contributed by atoms with E-state index in [1.54, 1.807) is 6.20 Å². The first-order chi connectivity index (χ1) is 6.84. The Morgan fingerprint density at radius 2 is 1.79 bits per heavy atom. The van der Waals surface area contributed by atoms with Gasteiger partial charge in [0.15, 0.2) is 0 Å². The number of para-hydroxylation sites is 1. The van der Waals surface area contributed by atoms with Crippen molar-refractivity contribution in [3.63, 3.8) is 0 Å². The minimum Gasteiger partial charge on any atom is -0.506 e. The Hall–Kier alpha value is -2.03. The maximum Gasteiger partial charge on any atom is 0.149 e. The fourth-order valence-corrected chi connectivity index (χ4v) is 1.09. The summed E-state index contributed by atoms with van der Waals surface area (Å²) in [5, 5.41) is 9.15. The third-order valence-corrected chi connectivity index (χ3v) is 1.68. The van der Waals surface area contributed by atoms with E-state index in [1.165, 1.54) is 12.3 Å². The van der Waals surface area contributed by atoms with Crippen LogP contribution in [-0.4, -0.2) is 10.1 Å². The van der Waals surface area contributed by atoms with Gasteiger partial charge in [-0.25, -0.2) is 0 Å². The average Bonchev–Trinajstić information content (AvgIpc) is 2.19. The van der Waals surface area contributed by atoms with Gasteiger partial charge >= 0.3 is 0 Å². The number of rotatable bonds is 2. The SMILES string of the molecule is Oc1cncc(Oc2ccccc2)c1. The van der Waals surface area contributed by atoms with E-state index < -0.39 is 0 Å². The van der Waals surface area contributed by atoms with Gasteiger partial charge in [-0.15, -0.1) is 0 Å². The molecule has 0 aliphatic heterocycles. The number of aromatic nitrogens is 1. The summed E-state index contributed by atoms with van der Waals surface area (Å²) in [5.74, 6) is 1.34. The van der Waals surface area contributed by atoms with E-state index in [9.17, 15) is 0 Å². The summed E-state index contributed by atoms with van der Waals surface area (Å²) in [5.41, 5.74) is 0. The standard InChI is InChI=1S/C11H9NO2/c13-9-6-11(8-12-7-9)14-10-4-2-1-3-5-10/h1-8,13H. The van der Waals surface area contributed by atoms with Crippen molar-refractivity contribution >= 4 is 0 Å². The molecule has 0 aliphatic rings. The highest BCUT2D eigenvalue weighted by atomic mass is 16.5. The van der Waals surface area contributed by atoms with Crippen molar-refractivity contribution < 1.29 is 9.84 Å². The molecule has 3 nitrogen and oxygen atoms in total. The Morgan fingerprint density at radius 1 is 1.00 bits per heavy atom. The first kappa shape index (κ1) is 8.56. The first-order valence-electron chi connectivity index (χ1n) is 4.21. The molecule has 0 radical (unpaired) electrons. The van der Waals surface area contributed by atoms with Gasteiger partial charge in [0, 0.05) is 6.07 Å². The number of aromatic hydroxyl groups is 1. The minimum absolute atomic E-state index is 0.0958. The summed E-state index contributed by atoms with van der Waals surface area (Å²) in [6.45, 7) is 0. The molecule has 1 aromatic carbocycles. The Balaban J connectivity index is 2.19. The van der Waals surface area contributed by atoms with E-state index in [4.69, 9.17) is 9.84 Å². The fourth-order valence-electron chi connectivity index (χ4n) is 1.09. The van der Waals surface area contributed by atoms with Gasteiger partial charge in [0.2, 0.25) is 0 Å². The molecule has 3 heteroatoms. The van der Waals surface area contributed by atoms with Gasteiger partial charge in [-0.05, 0) is 12.1 Å². The molecule has 0 amide bonds. The lowest BCUT2D eigenvalue weighted by Crippen LogP contribution is -1.83. The van der Waals surface area contributed by atoms with Crippen LogP contribution in [0.1, 0.15) is 0 Å². The van der Waals surface area contributed by atoms with Crippen molar-refractivity contribution in [3.05, 3.63) is 48.8 Å². The number of ether oxygens (including phenoxy) is 1. The van der Waals surface area contributed by atoms with Crippen molar-refractivity contribution in [1.82, 2.24) is 4.98 Å². The third-order valence-electron chi connectivity index (χ3n) is 1.68. The molecule has 0 spiro atoms. The van der Waals surface area contributed by atoms with Crippen molar-refractivity contribution in [2.45, 2.75) is 0 Å². The van der Waals surface area contributed by atoms with Gasteiger partial charge in [-0.2, -0.15) is 0 Å². The molecular formula is C11H9NO2. The number of hydrogen-bond acceptors (Lipinski definition) is 3. The summed E-state index contributed by atoms with van der Waals surface area (Å²) in [7, 11) is 0. The van der Waals surface area contributed by atoms with Gasteiger partial charge < -0.3 is 9.84 Å². The highest BCUT2D eigenvalue weighted by Crippen LogP contribution is 2.22. The molecule has 0 saturated carbocycles. The number of benzene rings is 1. The van der Waals surface area contributed by atoms with Gasteiger partial charge in [-0.1, -0.05) is 18.2 Å². The Morgan fingerprint density at radius 3 is 2.50 bits per heavy atom. The third kappa shape index (κ3) is 2.01. The molecule has 1 heterocycles. The van der Waals surface area contributed by atoms with E-state index in [0.29, 0.717) is 5.75 Å². The molecular weight excluding hydrogens is 178 g/mol. The van der Waals surface area contributed by atoms with E-state index in [0.717, 1.165) is 5.75 Å². The average molecular weight is 187 g/mol. The second-order valence-corrected chi connectivity index (χ2v) is 2.79. The van der Waals surface area contributed by atoms with Gasteiger partial charge in [0.25, 0.3) is 0 Å². The predicted octanol–water partition coefficient (Wildman–Crippen LogP) is 2.58. The van der Waals surface area contributed by atoms with Crippen molar-refractivity contribution in [2.75, 3.05) is 0 Å². The zero-order valence-corrected chi connectivity index (χ0v) is 7.42. The largest absolute Gasteiger partial charge is 0.506 e. The minimum atomic E-state index is 0.0958. The van der Waals surface area contributed by atoms with Crippen LogP contribution in [0.2, 0.25) is 0 Å². The molecule has 0 atom stereocenters. The highest BCUT2D eigenvalue weighted by molar-refractivity contribution is 5.32. The van der Waals surface area contributed by atoms with E-state index in [2.05, 4.69) is 4.98 Å². The first-order valence-corrected chi connectivity index (χ1v) is 4.21. The summed E-state index contributed by atoms with van der Waals surface area (Å²) < 4.78 is 5.44. The summed E-state index contributed by atoms with van der Waals surface area (Å²) >= 11 is 0. The number of hydrogen-bond donors (Lipinski definition) is 1. The maximum absolute atomic E-state index is 9.15. The van der Waals surface area contributed by atoms with Crippen LogP contribution in [0.3, 0.4) is 0 Å². The fraction of sp³-hybridized carbons (Fsp3) is 0. The molecule has 2 rings (SSSR count). The van der Waals surface area contributed by atoms with Crippen LogP contribution in [-0.2, 0) is 0 Å². The van der Waals surface area contributed by atoms with Crippen LogP contribution >= 0.6 is 0 Å². The molecule has 0 unspecified atom stereocenters. The van der Waals surface area contributed by atoms with Crippen LogP contribution < -0.4 is 4.74 Å². The highest BCUT2D eigenvalue weighted by Gasteiger charge is 1.97. The second kappa shape index (κ2) is 3.79. The monoisotopic (exact) mass is 187 g/mol. The van der Waals surface area contributed by atoms with Crippen LogP contribution in [0, 0.1) is 0 Å². The van der Waals surface area contributed by atoms with Crippen molar-refractivity contribution in [1.29, 1.82) is 0 Å². The maximum atomic E-state index is 9.15. The van der Waals surface area contributed by atoms with Gasteiger partial charge in [-0.3, -0.25) is 4.98 Å². The van der Waals surface area contributed by atoms with Crippen molar-refractivity contribution in [3.8, 4) is 17.2 Å². The lowest BCUT2D eigenvalue weighted by atomic mass is 10.3. The number of pyridine rings is 1. The Bertz CT molecular complexity index is 415. The van der Waals surface area contributed by atoms with E-state index in [1.807, 2.05) is 30.3 Å². The molecule has 0 bridgehead atoms. The number of nitrogens with zero attached hydrogens (tertiary/aromatic N) is 1. The Labute approximate surface area is 81.6 Å². The molecule has 14 heavy (non-hydrogen) atoms. The van der Waals surface area contributed by atoms with Crippen molar-refractivity contribution in [2.24, 2.45) is 0 Å². The van der Waals surface area contributed by atoms with E-state index >= 15 is 0 Å². The van der Waals surface area contributed by atoms with E-state index in [-0.39, 0.29) is 5.75 Å². The quantitative estimate of drug-likeness (QED) is 0.785. The van der Waals surface area contributed by atoms with Crippen LogP contribution in [0.15, 0.2) is 48.8 Å². The summed E-state index contributed by atoms with van der Waals surface area (Å²) in [6, 6.07) is 10.9. The molecule has 70 valence electrons. The summed E-state index contributed by atoms with van der Waals surface area (Å²) in [4.78, 5) is 3.81. The lowest BCUT2D eigenvalue weighted by Gasteiger charge is -2.04. The second-order valence-electron chi connectivity index (χ2n) is 2.79. The predicted molar refractivity (Wildman–Crippen MR) is 52.4 cm³/mol. The van der Waals surface area contributed by atoms with Crippen LogP contribution in [0.25, 0.3) is 0 Å². The molecule has 1 N–H and O–H groups in total. The van der Waals surface area contributed by atoms with Crippen LogP contribution in [0.4, 0.5) is 0 Å². The Kier molecular flexibility index (Phi) is 2.32. The molecule has 2 aromatic rings. The van der Waals surface area contributed by atoms with Gasteiger partial charge in [0.05, 0.1) is 12.4 Å². The molecule has 0 aliphatic carbocycles. The smallest absolute Gasteiger partial charge is 0.149 e. The molecule has 0 fully saturated rings. The lowest BCUT2D eigenvalue weighted by molar-refractivity contribution is 0.451. The van der Waals surface area contributed by atoms with Crippen LogP contribution in [0.5, 0.6) is 17.2 Å². The topological polar surface area (TPSA) is 42.4 Å². The summed E-state index contributed by atoms with van der Waals surface area (Å²) in [6.07, 6.45) is 2.91. The molecule has 1 aromatic heterocycles. The zero-order valence-electron chi connectivity index (χ0n) is 7.42.